The van der Waals surface area contributed by atoms with E-state index in [1.165, 1.54) is 0 Å². The highest BCUT2D eigenvalue weighted by Gasteiger charge is 2.40. The number of rotatable bonds is 3. The minimum absolute atomic E-state index is 0.0450. The summed E-state index contributed by atoms with van der Waals surface area (Å²) in [6.45, 7) is 5.84. The van der Waals surface area contributed by atoms with Gasteiger partial charge in [0.1, 0.15) is 0 Å². The van der Waals surface area contributed by atoms with Crippen molar-refractivity contribution in [3.63, 3.8) is 0 Å². The second kappa shape index (κ2) is 4.47. The van der Waals surface area contributed by atoms with Crippen LogP contribution in [0.3, 0.4) is 0 Å². The van der Waals surface area contributed by atoms with Crippen LogP contribution in [0.25, 0.3) is 0 Å². The molecule has 16 heavy (non-hydrogen) atoms. The van der Waals surface area contributed by atoms with Gasteiger partial charge in [-0.05, 0) is 39.5 Å². The van der Waals surface area contributed by atoms with Crippen molar-refractivity contribution in [2.45, 2.75) is 56.7 Å². The van der Waals surface area contributed by atoms with E-state index in [-0.39, 0.29) is 11.1 Å². The van der Waals surface area contributed by atoms with E-state index in [0.717, 1.165) is 32.3 Å². The normalized spacial score (nSPS) is 34.4. The van der Waals surface area contributed by atoms with Gasteiger partial charge in [-0.2, -0.15) is 0 Å². The fraction of sp³-hybridized carbons (Fsp3) is 0.846. The molecular formula is C13H24N2O. The highest BCUT2D eigenvalue weighted by Crippen LogP contribution is 2.32. The van der Waals surface area contributed by atoms with Crippen molar-refractivity contribution in [3.8, 4) is 0 Å². The fourth-order valence-corrected chi connectivity index (χ4v) is 3.00. The monoisotopic (exact) mass is 224 g/mol. The lowest BCUT2D eigenvalue weighted by Crippen LogP contribution is -2.61. The van der Waals surface area contributed by atoms with Gasteiger partial charge in [0, 0.05) is 24.7 Å². The summed E-state index contributed by atoms with van der Waals surface area (Å²) in [6.07, 6.45) is 8.83. The van der Waals surface area contributed by atoms with Crippen molar-refractivity contribution in [1.29, 1.82) is 0 Å². The van der Waals surface area contributed by atoms with Crippen molar-refractivity contribution in [1.82, 2.24) is 5.32 Å². The average molecular weight is 224 g/mol. The Kier molecular flexibility index (Phi) is 3.38. The molecule has 1 saturated heterocycles. The number of hydrogen-bond donors (Lipinski definition) is 2. The molecule has 0 amide bonds. The summed E-state index contributed by atoms with van der Waals surface area (Å²) in [5.74, 6) is 0. The van der Waals surface area contributed by atoms with E-state index < -0.39 is 0 Å². The molecule has 2 rings (SSSR count). The topological polar surface area (TPSA) is 47.3 Å². The summed E-state index contributed by atoms with van der Waals surface area (Å²) in [4.78, 5) is 0. The van der Waals surface area contributed by atoms with Gasteiger partial charge in [0.2, 0.25) is 0 Å². The minimum atomic E-state index is -0.0450. The van der Waals surface area contributed by atoms with Gasteiger partial charge >= 0.3 is 0 Å². The van der Waals surface area contributed by atoms with E-state index >= 15 is 0 Å². The summed E-state index contributed by atoms with van der Waals surface area (Å²) in [6, 6.07) is 0.581. The van der Waals surface area contributed by atoms with Gasteiger partial charge in [-0.25, -0.2) is 0 Å². The van der Waals surface area contributed by atoms with Crippen LogP contribution in [0.1, 0.15) is 39.5 Å². The third kappa shape index (κ3) is 2.65. The standard InChI is InChI=1S/C13H24N2O/c1-12(2)9-13(10-14,7-8-16-12)15-11-5-3-4-6-11/h3-4,11,15H,5-10,14H2,1-2H3. The predicted molar refractivity (Wildman–Crippen MR) is 66.3 cm³/mol. The average Bonchev–Trinajstić information content (AvgIpc) is 2.69. The number of nitrogens with one attached hydrogen (secondary N) is 1. The first kappa shape index (κ1) is 12.1. The maximum absolute atomic E-state index is 6.00. The Balaban J connectivity index is 2.00. The molecule has 0 saturated carbocycles. The number of nitrogens with two attached hydrogens (primary N) is 1. The Morgan fingerprint density at radius 1 is 1.38 bits per heavy atom. The van der Waals surface area contributed by atoms with Crippen LogP contribution in [0.15, 0.2) is 12.2 Å². The van der Waals surface area contributed by atoms with E-state index in [9.17, 15) is 0 Å². The summed E-state index contributed by atoms with van der Waals surface area (Å²) in [7, 11) is 0. The molecule has 0 aromatic heterocycles. The zero-order chi connectivity index (χ0) is 11.6. The molecule has 1 aliphatic carbocycles. The SMILES string of the molecule is CC1(C)CC(CN)(NC2CC=CC2)CCO1. The molecule has 1 unspecified atom stereocenters. The van der Waals surface area contributed by atoms with Crippen LogP contribution in [0.5, 0.6) is 0 Å². The molecule has 3 heteroatoms. The zero-order valence-electron chi connectivity index (χ0n) is 10.5. The van der Waals surface area contributed by atoms with Gasteiger partial charge in [-0.3, -0.25) is 0 Å². The molecule has 2 aliphatic rings. The molecule has 0 aromatic carbocycles. The summed E-state index contributed by atoms with van der Waals surface area (Å²) >= 11 is 0. The molecule has 1 heterocycles. The van der Waals surface area contributed by atoms with Crippen molar-refractivity contribution in [2.24, 2.45) is 5.73 Å². The molecular weight excluding hydrogens is 200 g/mol. The lowest BCUT2D eigenvalue weighted by atomic mass is 9.80. The molecule has 3 N–H and O–H groups in total. The van der Waals surface area contributed by atoms with Crippen molar-refractivity contribution in [3.05, 3.63) is 12.2 Å². The smallest absolute Gasteiger partial charge is 0.0644 e. The van der Waals surface area contributed by atoms with Gasteiger partial charge in [0.25, 0.3) is 0 Å². The molecule has 0 spiro atoms. The van der Waals surface area contributed by atoms with Crippen LogP contribution in [-0.2, 0) is 4.74 Å². The molecule has 3 nitrogen and oxygen atoms in total. The van der Waals surface area contributed by atoms with Gasteiger partial charge in [0.15, 0.2) is 0 Å². The quantitative estimate of drug-likeness (QED) is 0.716. The van der Waals surface area contributed by atoms with Crippen LogP contribution in [0.2, 0.25) is 0 Å². The van der Waals surface area contributed by atoms with E-state index in [0.29, 0.717) is 12.6 Å². The van der Waals surface area contributed by atoms with E-state index in [4.69, 9.17) is 10.5 Å². The van der Waals surface area contributed by atoms with Crippen molar-refractivity contribution >= 4 is 0 Å². The Morgan fingerprint density at radius 3 is 2.62 bits per heavy atom. The van der Waals surface area contributed by atoms with E-state index in [1.54, 1.807) is 0 Å². The Bertz CT molecular complexity index is 267. The number of ether oxygens (including phenoxy) is 1. The molecule has 0 radical (unpaired) electrons. The fourth-order valence-electron chi connectivity index (χ4n) is 3.00. The maximum atomic E-state index is 6.00. The predicted octanol–water partition coefficient (Wildman–Crippen LogP) is 1.58. The summed E-state index contributed by atoms with van der Waals surface area (Å²) in [5, 5.41) is 3.77. The van der Waals surface area contributed by atoms with E-state index in [1.807, 2.05) is 0 Å². The first-order valence-corrected chi connectivity index (χ1v) is 6.32. The van der Waals surface area contributed by atoms with Crippen LogP contribution in [0.4, 0.5) is 0 Å². The third-order valence-corrected chi connectivity index (χ3v) is 3.75. The molecule has 1 aliphatic heterocycles. The summed E-state index contributed by atoms with van der Waals surface area (Å²) < 4.78 is 5.78. The summed E-state index contributed by atoms with van der Waals surface area (Å²) in [5.41, 5.74) is 6.04. The Labute approximate surface area is 98.4 Å². The van der Waals surface area contributed by atoms with Crippen molar-refractivity contribution in [2.75, 3.05) is 13.2 Å². The molecule has 1 atom stereocenters. The second-order valence-corrected chi connectivity index (χ2v) is 5.80. The van der Waals surface area contributed by atoms with Crippen LogP contribution in [0, 0.1) is 0 Å². The first-order valence-electron chi connectivity index (χ1n) is 6.32. The molecule has 92 valence electrons. The highest BCUT2D eigenvalue weighted by molar-refractivity contribution is 5.04. The van der Waals surface area contributed by atoms with Gasteiger partial charge in [-0.1, -0.05) is 12.2 Å². The molecule has 0 bridgehead atoms. The lowest BCUT2D eigenvalue weighted by molar-refractivity contribution is -0.0875. The van der Waals surface area contributed by atoms with Crippen molar-refractivity contribution < 1.29 is 4.74 Å². The minimum Gasteiger partial charge on any atom is -0.375 e. The Hall–Kier alpha value is -0.380. The Morgan fingerprint density at radius 2 is 2.06 bits per heavy atom. The maximum Gasteiger partial charge on any atom is 0.0644 e. The third-order valence-electron chi connectivity index (χ3n) is 3.75. The van der Waals surface area contributed by atoms with Crippen LogP contribution >= 0.6 is 0 Å². The van der Waals surface area contributed by atoms with E-state index in [2.05, 4.69) is 31.3 Å². The van der Waals surface area contributed by atoms with Crippen LogP contribution < -0.4 is 11.1 Å². The van der Waals surface area contributed by atoms with Gasteiger partial charge < -0.3 is 15.8 Å². The van der Waals surface area contributed by atoms with Gasteiger partial charge in [0.05, 0.1) is 5.60 Å². The highest BCUT2D eigenvalue weighted by atomic mass is 16.5. The molecule has 0 aromatic rings. The second-order valence-electron chi connectivity index (χ2n) is 5.80. The van der Waals surface area contributed by atoms with Gasteiger partial charge in [-0.15, -0.1) is 0 Å². The zero-order valence-corrected chi connectivity index (χ0v) is 10.5. The van der Waals surface area contributed by atoms with Crippen LogP contribution in [-0.4, -0.2) is 30.3 Å². The largest absolute Gasteiger partial charge is 0.375 e. The lowest BCUT2D eigenvalue weighted by Gasteiger charge is -2.46. The molecule has 1 fully saturated rings. The number of hydrogen-bond acceptors (Lipinski definition) is 3. The first-order chi connectivity index (χ1) is 7.55.